The Morgan fingerprint density at radius 2 is 1.56 bits per heavy atom. The second kappa shape index (κ2) is 16.0. The van der Waals surface area contributed by atoms with Crippen molar-refractivity contribution < 1.29 is 28.9 Å². The number of hydrogen-bond donors (Lipinski definition) is 0. The van der Waals surface area contributed by atoms with Crippen molar-refractivity contribution >= 4 is 39.6 Å². The number of fused-ring (bicyclic) bond motifs is 3. The van der Waals surface area contributed by atoms with E-state index in [1.54, 1.807) is 16.5 Å². The number of nitrogens with zero attached hydrogens (tertiary/aromatic N) is 2. The number of furan rings is 1. The first-order valence-corrected chi connectivity index (χ1v) is 24.4. The van der Waals surface area contributed by atoms with E-state index in [0.717, 1.165) is 56.4 Å². The summed E-state index contributed by atoms with van der Waals surface area (Å²) in [4.78, 5) is 9.25. The van der Waals surface area contributed by atoms with Crippen LogP contribution in [0.2, 0.25) is 17.3 Å². The van der Waals surface area contributed by atoms with Crippen LogP contribution in [0.1, 0.15) is 44.7 Å². The summed E-state index contributed by atoms with van der Waals surface area (Å²) in [7, 11) is 0. The number of hydrogen-bond acceptors (Lipinski definition) is 3. The molecular formula is C44H43FGeIrN2O-2. The van der Waals surface area contributed by atoms with Crippen LogP contribution in [0.15, 0.2) is 114 Å². The summed E-state index contributed by atoms with van der Waals surface area (Å²) in [6.45, 7) is 8.89. The van der Waals surface area contributed by atoms with Crippen molar-refractivity contribution in [1.82, 2.24) is 9.97 Å². The second-order valence-electron chi connectivity index (χ2n) is 14.4. The summed E-state index contributed by atoms with van der Waals surface area (Å²) >= 11 is -1.86. The molecule has 4 aromatic carbocycles. The summed E-state index contributed by atoms with van der Waals surface area (Å²) < 4.78 is 22.0. The zero-order valence-corrected chi connectivity index (χ0v) is 34.3. The van der Waals surface area contributed by atoms with Gasteiger partial charge in [-0.2, -0.15) is 0 Å². The van der Waals surface area contributed by atoms with Gasteiger partial charge in [0.1, 0.15) is 11.4 Å². The molecule has 50 heavy (non-hydrogen) atoms. The van der Waals surface area contributed by atoms with Crippen molar-refractivity contribution in [2.45, 2.75) is 57.3 Å². The number of halogens is 1. The smallest absolute Gasteiger partial charge is 0.131 e. The van der Waals surface area contributed by atoms with E-state index in [-0.39, 0.29) is 25.9 Å². The van der Waals surface area contributed by atoms with Crippen LogP contribution in [-0.2, 0) is 26.5 Å². The Labute approximate surface area is 312 Å². The third-order valence-corrected chi connectivity index (χ3v) is 13.1. The van der Waals surface area contributed by atoms with Crippen molar-refractivity contribution in [2.24, 2.45) is 5.92 Å². The van der Waals surface area contributed by atoms with Crippen LogP contribution in [0.4, 0.5) is 4.39 Å². The van der Waals surface area contributed by atoms with Gasteiger partial charge in [0.2, 0.25) is 0 Å². The molecule has 0 N–H and O–H groups in total. The standard InChI is InChI=1S/C26H19FNO.C18H24GeN.Ir/c1-16(2)17-12-13-28-24(14-17)22-8-5-7-21-20-11-10-18(15-25(20)29-26(21)22)19-6-3-4-9-23(19)27;1-14(2)11-16-12-18(15-9-7-6-8-10-15)20-13-17(16)19(3,4)5;/h3-7,9-16H,1-2H3;6-9,12-14H,11H2,1-5H3;/q2*-1;. The predicted octanol–water partition coefficient (Wildman–Crippen LogP) is 11.7. The van der Waals surface area contributed by atoms with Crippen LogP contribution in [0.5, 0.6) is 0 Å². The fourth-order valence-electron chi connectivity index (χ4n) is 6.22. The molecule has 0 saturated heterocycles. The van der Waals surface area contributed by atoms with Crippen LogP contribution >= 0.6 is 0 Å². The summed E-state index contributed by atoms with van der Waals surface area (Å²) in [6, 6.07) is 37.6. The van der Waals surface area contributed by atoms with Gasteiger partial charge in [-0.15, -0.1) is 18.2 Å². The topological polar surface area (TPSA) is 38.9 Å². The molecule has 0 aliphatic heterocycles. The van der Waals surface area contributed by atoms with Crippen molar-refractivity contribution in [3.63, 3.8) is 0 Å². The molecule has 6 heteroatoms. The Balaban J connectivity index is 0.000000204. The molecule has 7 rings (SSSR count). The van der Waals surface area contributed by atoms with Gasteiger partial charge in [0.05, 0.1) is 5.58 Å². The minimum absolute atomic E-state index is 0. The molecule has 7 aromatic rings. The van der Waals surface area contributed by atoms with Gasteiger partial charge in [0, 0.05) is 37.3 Å². The van der Waals surface area contributed by atoms with Gasteiger partial charge >= 0.3 is 126 Å². The average Bonchev–Trinajstić information content (AvgIpc) is 3.46. The van der Waals surface area contributed by atoms with Gasteiger partial charge in [0.15, 0.2) is 0 Å². The predicted molar refractivity (Wildman–Crippen MR) is 205 cm³/mol. The van der Waals surface area contributed by atoms with Crippen LogP contribution in [0, 0.1) is 23.9 Å². The van der Waals surface area contributed by atoms with Gasteiger partial charge in [-0.05, 0) is 35.4 Å². The van der Waals surface area contributed by atoms with Crippen molar-refractivity contribution in [3.8, 4) is 33.6 Å². The Hall–Kier alpha value is -3.90. The molecule has 0 bridgehead atoms. The van der Waals surface area contributed by atoms with E-state index in [1.807, 2.05) is 66.9 Å². The Morgan fingerprint density at radius 1 is 0.780 bits per heavy atom. The van der Waals surface area contributed by atoms with E-state index in [9.17, 15) is 4.39 Å². The van der Waals surface area contributed by atoms with Gasteiger partial charge in [-0.25, -0.2) is 4.39 Å². The molecule has 3 heterocycles. The molecule has 3 nitrogen and oxygen atoms in total. The van der Waals surface area contributed by atoms with E-state index in [0.29, 0.717) is 17.4 Å². The SMILES string of the molecule is CC(C)Cc1cc(-c2[c-]cccc2)nc[c]1[Ge]([CH3])([CH3])[CH3].CC(C)c1ccnc(-c2[c-]ccc3c2oc2cc(-c4ccccc4F)ccc23)c1.[Ir]. The van der Waals surface area contributed by atoms with Gasteiger partial charge in [-0.3, -0.25) is 0 Å². The zero-order valence-electron chi connectivity index (χ0n) is 29.8. The van der Waals surface area contributed by atoms with E-state index in [4.69, 9.17) is 9.40 Å². The van der Waals surface area contributed by atoms with Crippen molar-refractivity contribution in [3.05, 3.63) is 139 Å². The first-order valence-electron chi connectivity index (χ1n) is 17.0. The summed E-state index contributed by atoms with van der Waals surface area (Å²) in [5.41, 5.74) is 9.37. The van der Waals surface area contributed by atoms with Crippen molar-refractivity contribution in [2.75, 3.05) is 0 Å². The second-order valence-corrected chi connectivity index (χ2v) is 24.9. The van der Waals surface area contributed by atoms with Crippen LogP contribution < -0.4 is 4.40 Å². The molecule has 1 radical (unpaired) electrons. The maximum Gasteiger partial charge on any atom is 0.131 e. The molecule has 257 valence electrons. The van der Waals surface area contributed by atoms with E-state index in [1.165, 1.54) is 17.2 Å². The largest absolute Gasteiger partial charge is 0.501 e. The normalized spacial score (nSPS) is 11.5. The number of rotatable bonds is 7. The molecule has 0 unspecified atom stereocenters. The van der Waals surface area contributed by atoms with E-state index < -0.39 is 13.3 Å². The summed E-state index contributed by atoms with van der Waals surface area (Å²) in [6.07, 6.45) is 5.10. The third kappa shape index (κ3) is 8.34. The van der Waals surface area contributed by atoms with Crippen LogP contribution in [0.3, 0.4) is 0 Å². The average molecular weight is 900 g/mol. The fraction of sp³-hybridized carbons (Fsp3) is 0.227. The Morgan fingerprint density at radius 3 is 2.26 bits per heavy atom. The minimum Gasteiger partial charge on any atom is -0.501 e. The van der Waals surface area contributed by atoms with Crippen molar-refractivity contribution in [1.29, 1.82) is 0 Å². The first kappa shape index (κ1) is 37.4. The summed E-state index contributed by atoms with van der Waals surface area (Å²) in [5.74, 6) is 8.16. The van der Waals surface area contributed by atoms with Gasteiger partial charge in [-0.1, -0.05) is 66.8 Å². The molecule has 0 aliphatic carbocycles. The number of benzene rings is 4. The number of aromatic nitrogens is 2. The molecule has 0 spiro atoms. The molecule has 0 atom stereocenters. The fourth-order valence-corrected chi connectivity index (χ4v) is 9.55. The van der Waals surface area contributed by atoms with Gasteiger partial charge in [0.25, 0.3) is 0 Å². The quantitative estimate of drug-likeness (QED) is 0.118. The zero-order chi connectivity index (χ0) is 34.7. The van der Waals surface area contributed by atoms with E-state index in [2.05, 4.69) is 86.5 Å². The monoisotopic (exact) mass is 901 g/mol. The minimum atomic E-state index is -1.86. The third-order valence-electron chi connectivity index (χ3n) is 8.74. The molecule has 0 fully saturated rings. The molecule has 0 amide bonds. The molecule has 0 saturated carbocycles. The van der Waals surface area contributed by atoms with Crippen LogP contribution in [0.25, 0.3) is 55.6 Å². The maximum absolute atomic E-state index is 14.2. The van der Waals surface area contributed by atoms with Crippen LogP contribution in [-0.4, -0.2) is 23.2 Å². The molecular weight excluding hydrogens is 856 g/mol. The maximum atomic E-state index is 14.2. The summed E-state index contributed by atoms with van der Waals surface area (Å²) in [5, 5.41) is 2.00. The van der Waals surface area contributed by atoms with Gasteiger partial charge < -0.3 is 9.40 Å². The van der Waals surface area contributed by atoms with E-state index >= 15 is 0 Å². The Bertz CT molecular complexity index is 2220. The first-order chi connectivity index (χ1) is 23.5. The number of pyridine rings is 2. The Kier molecular flexibility index (Phi) is 11.9. The molecule has 0 aliphatic rings. The molecule has 3 aromatic heterocycles.